The average molecular weight is 262 g/mol. The number of hydrogen-bond donors (Lipinski definition) is 2. The summed E-state index contributed by atoms with van der Waals surface area (Å²) < 4.78 is 5.82. The van der Waals surface area contributed by atoms with Crippen molar-refractivity contribution in [2.75, 3.05) is 18.5 Å². The highest BCUT2D eigenvalue weighted by molar-refractivity contribution is 5.61. The Balaban J connectivity index is 2.11. The first-order chi connectivity index (χ1) is 9.24. The number of hydrogen-bond acceptors (Lipinski definition) is 3. The van der Waals surface area contributed by atoms with E-state index >= 15 is 0 Å². The highest BCUT2D eigenvalue weighted by Crippen LogP contribution is 2.32. The van der Waals surface area contributed by atoms with Gasteiger partial charge in [-0.1, -0.05) is 32.9 Å². The summed E-state index contributed by atoms with van der Waals surface area (Å²) in [6, 6.07) is 6.35. The van der Waals surface area contributed by atoms with Crippen LogP contribution in [0.4, 0.5) is 5.69 Å². The molecule has 1 aliphatic rings. The van der Waals surface area contributed by atoms with Crippen molar-refractivity contribution in [3.63, 3.8) is 0 Å². The monoisotopic (exact) mass is 262 g/mol. The van der Waals surface area contributed by atoms with E-state index in [1.807, 2.05) is 0 Å². The van der Waals surface area contributed by atoms with Gasteiger partial charge in [-0.3, -0.25) is 0 Å². The Hall–Kier alpha value is -1.22. The number of benzene rings is 1. The lowest BCUT2D eigenvalue weighted by Crippen LogP contribution is -2.43. The second kappa shape index (κ2) is 6.29. The maximum absolute atomic E-state index is 5.82. The van der Waals surface area contributed by atoms with Crippen molar-refractivity contribution in [2.24, 2.45) is 0 Å². The predicted octanol–water partition coefficient (Wildman–Crippen LogP) is 3.55. The average Bonchev–Trinajstić information content (AvgIpc) is 2.49. The number of ether oxygens (including phenoxy) is 1. The van der Waals surface area contributed by atoms with Crippen LogP contribution in [-0.4, -0.2) is 18.7 Å². The van der Waals surface area contributed by atoms with Crippen molar-refractivity contribution in [3.05, 3.63) is 23.8 Å². The molecule has 1 aliphatic heterocycles. The van der Waals surface area contributed by atoms with Crippen LogP contribution in [0.2, 0.25) is 0 Å². The Bertz CT molecular complexity index is 405. The molecule has 0 aromatic heterocycles. The molecule has 0 saturated carbocycles. The summed E-state index contributed by atoms with van der Waals surface area (Å²) in [4.78, 5) is 0. The second-order valence-electron chi connectivity index (χ2n) is 5.26. The van der Waals surface area contributed by atoms with Crippen molar-refractivity contribution >= 4 is 5.69 Å². The molecule has 1 heterocycles. The Labute approximate surface area is 116 Å². The van der Waals surface area contributed by atoms with Crippen LogP contribution in [0.25, 0.3) is 0 Å². The maximum Gasteiger partial charge on any atom is 0.146 e. The number of fused-ring (bicyclic) bond motifs is 1. The second-order valence-corrected chi connectivity index (χ2v) is 5.26. The molecule has 0 aliphatic carbocycles. The maximum atomic E-state index is 5.82. The molecule has 2 N–H and O–H groups in total. The summed E-state index contributed by atoms with van der Waals surface area (Å²) in [7, 11) is 0. The Morgan fingerprint density at radius 2 is 1.95 bits per heavy atom. The highest BCUT2D eigenvalue weighted by Gasteiger charge is 2.23. The smallest absolute Gasteiger partial charge is 0.146 e. The lowest BCUT2D eigenvalue weighted by Gasteiger charge is -2.32. The van der Waals surface area contributed by atoms with E-state index in [0.717, 1.165) is 50.4 Å². The largest absolute Gasteiger partial charge is 0.489 e. The van der Waals surface area contributed by atoms with Gasteiger partial charge in [0.25, 0.3) is 0 Å². The van der Waals surface area contributed by atoms with Gasteiger partial charge in [-0.15, -0.1) is 0 Å². The first-order valence-electron chi connectivity index (χ1n) is 7.48. The zero-order valence-electron chi connectivity index (χ0n) is 12.4. The molecule has 0 unspecified atom stereocenters. The van der Waals surface area contributed by atoms with Gasteiger partial charge in [0.2, 0.25) is 0 Å². The Morgan fingerprint density at radius 1 is 1.21 bits per heavy atom. The first kappa shape index (κ1) is 14.2. The fourth-order valence-corrected chi connectivity index (χ4v) is 2.78. The third-order valence-corrected chi connectivity index (χ3v) is 4.44. The molecule has 2 rings (SSSR count). The number of anilines is 1. The molecule has 1 aromatic rings. The van der Waals surface area contributed by atoms with Gasteiger partial charge in [0.15, 0.2) is 0 Å². The van der Waals surface area contributed by atoms with Gasteiger partial charge < -0.3 is 15.4 Å². The van der Waals surface area contributed by atoms with Crippen molar-refractivity contribution in [3.8, 4) is 5.75 Å². The SMILES string of the molecule is CCC(CC)(CC)NCc1cccc2c1OCCN2. The van der Waals surface area contributed by atoms with Crippen molar-refractivity contribution in [1.82, 2.24) is 5.32 Å². The van der Waals surface area contributed by atoms with E-state index in [-0.39, 0.29) is 5.54 Å². The van der Waals surface area contributed by atoms with E-state index in [1.54, 1.807) is 0 Å². The lowest BCUT2D eigenvalue weighted by molar-refractivity contribution is 0.281. The quantitative estimate of drug-likeness (QED) is 0.822. The van der Waals surface area contributed by atoms with Gasteiger partial charge in [-0.05, 0) is 25.3 Å². The van der Waals surface area contributed by atoms with Crippen LogP contribution in [0, 0.1) is 0 Å². The molecule has 0 saturated heterocycles. The van der Waals surface area contributed by atoms with Crippen LogP contribution in [-0.2, 0) is 6.54 Å². The van der Waals surface area contributed by atoms with Crippen LogP contribution in [0.3, 0.4) is 0 Å². The molecule has 0 amide bonds. The molecule has 0 radical (unpaired) electrons. The minimum absolute atomic E-state index is 0.255. The zero-order chi connectivity index (χ0) is 13.7. The predicted molar refractivity (Wildman–Crippen MR) is 80.9 cm³/mol. The van der Waals surface area contributed by atoms with Crippen LogP contribution < -0.4 is 15.4 Å². The standard InChI is InChI=1S/C16H26N2O/c1-4-16(5-2,6-3)18-12-13-8-7-9-14-15(13)19-11-10-17-14/h7-9,17-18H,4-6,10-12H2,1-3H3. The molecule has 1 aromatic carbocycles. The van der Waals surface area contributed by atoms with E-state index in [0.29, 0.717) is 0 Å². The molecule has 3 heteroatoms. The molecule has 106 valence electrons. The Morgan fingerprint density at radius 3 is 2.63 bits per heavy atom. The van der Waals surface area contributed by atoms with Gasteiger partial charge >= 0.3 is 0 Å². The summed E-state index contributed by atoms with van der Waals surface area (Å²) >= 11 is 0. The fourth-order valence-electron chi connectivity index (χ4n) is 2.78. The van der Waals surface area contributed by atoms with E-state index in [2.05, 4.69) is 49.6 Å². The van der Waals surface area contributed by atoms with Crippen LogP contribution in [0.5, 0.6) is 5.75 Å². The van der Waals surface area contributed by atoms with Crippen molar-refractivity contribution in [2.45, 2.75) is 52.1 Å². The number of rotatable bonds is 6. The first-order valence-corrected chi connectivity index (χ1v) is 7.48. The van der Waals surface area contributed by atoms with Crippen LogP contribution in [0.1, 0.15) is 45.6 Å². The van der Waals surface area contributed by atoms with E-state index < -0.39 is 0 Å². The van der Waals surface area contributed by atoms with Gasteiger partial charge in [-0.25, -0.2) is 0 Å². The lowest BCUT2D eigenvalue weighted by atomic mass is 9.89. The molecular weight excluding hydrogens is 236 g/mol. The topological polar surface area (TPSA) is 33.3 Å². The van der Waals surface area contributed by atoms with Gasteiger partial charge in [0.1, 0.15) is 12.4 Å². The molecule has 0 bridgehead atoms. The van der Waals surface area contributed by atoms with E-state index in [1.165, 1.54) is 5.56 Å². The summed E-state index contributed by atoms with van der Waals surface area (Å²) in [5.41, 5.74) is 2.63. The summed E-state index contributed by atoms with van der Waals surface area (Å²) in [6.45, 7) is 9.31. The minimum atomic E-state index is 0.255. The van der Waals surface area contributed by atoms with Gasteiger partial charge in [0.05, 0.1) is 5.69 Å². The highest BCUT2D eigenvalue weighted by atomic mass is 16.5. The van der Waals surface area contributed by atoms with E-state index in [9.17, 15) is 0 Å². The number of para-hydroxylation sites is 1. The zero-order valence-corrected chi connectivity index (χ0v) is 12.4. The van der Waals surface area contributed by atoms with Gasteiger partial charge in [-0.2, -0.15) is 0 Å². The van der Waals surface area contributed by atoms with Crippen LogP contribution in [0.15, 0.2) is 18.2 Å². The van der Waals surface area contributed by atoms with Gasteiger partial charge in [0, 0.05) is 24.2 Å². The Kier molecular flexibility index (Phi) is 4.70. The van der Waals surface area contributed by atoms with E-state index in [4.69, 9.17) is 4.74 Å². The molecule has 0 atom stereocenters. The minimum Gasteiger partial charge on any atom is -0.489 e. The third kappa shape index (κ3) is 3.03. The van der Waals surface area contributed by atoms with Crippen molar-refractivity contribution in [1.29, 1.82) is 0 Å². The molecule has 3 nitrogen and oxygen atoms in total. The molecular formula is C16H26N2O. The molecule has 19 heavy (non-hydrogen) atoms. The normalized spacial score (nSPS) is 14.5. The van der Waals surface area contributed by atoms with Crippen molar-refractivity contribution < 1.29 is 4.74 Å². The summed E-state index contributed by atoms with van der Waals surface area (Å²) in [5, 5.41) is 7.13. The molecule has 0 spiro atoms. The fraction of sp³-hybridized carbons (Fsp3) is 0.625. The molecule has 0 fully saturated rings. The third-order valence-electron chi connectivity index (χ3n) is 4.44. The summed E-state index contributed by atoms with van der Waals surface area (Å²) in [6.07, 6.45) is 3.48. The summed E-state index contributed by atoms with van der Waals surface area (Å²) in [5.74, 6) is 1.03. The number of nitrogens with one attached hydrogen (secondary N) is 2. The van der Waals surface area contributed by atoms with Crippen LogP contribution >= 0.6 is 0 Å².